The summed E-state index contributed by atoms with van der Waals surface area (Å²) in [4.78, 5) is 11.7. The van der Waals surface area contributed by atoms with Gasteiger partial charge in [-0.2, -0.15) is 0 Å². The van der Waals surface area contributed by atoms with Crippen LogP contribution >= 0.6 is 0 Å². The van der Waals surface area contributed by atoms with Crippen LogP contribution < -0.4 is 20.1 Å². The molecule has 2 N–H and O–H groups in total. The van der Waals surface area contributed by atoms with Gasteiger partial charge in [-0.25, -0.2) is 0 Å². The van der Waals surface area contributed by atoms with Gasteiger partial charge in [-0.15, -0.1) is 0 Å². The minimum atomic E-state index is -0.0204. The molecule has 0 spiro atoms. The molecule has 1 amide bonds. The fraction of sp³-hybridized carbons (Fsp3) is 0.562. The molecule has 1 aromatic rings. The average molecular weight is 294 g/mol. The first-order valence-electron chi connectivity index (χ1n) is 7.55. The number of hydrogen-bond donors (Lipinski definition) is 2. The van der Waals surface area contributed by atoms with Crippen molar-refractivity contribution in [2.45, 2.75) is 33.1 Å². The van der Waals surface area contributed by atoms with E-state index in [-0.39, 0.29) is 5.91 Å². The highest BCUT2D eigenvalue weighted by atomic mass is 16.5. The number of rotatable bonds is 10. The summed E-state index contributed by atoms with van der Waals surface area (Å²) in [6, 6.07) is 5.49. The molecule has 118 valence electrons. The van der Waals surface area contributed by atoms with Crippen molar-refractivity contribution < 1.29 is 14.3 Å². The van der Waals surface area contributed by atoms with Gasteiger partial charge in [0.05, 0.1) is 13.2 Å². The largest absolute Gasteiger partial charge is 0.490 e. The normalized spacial score (nSPS) is 10.2. The molecule has 1 rings (SSSR count). The minimum absolute atomic E-state index is 0.0204. The number of carbonyl (C=O) groups excluding carboxylic acids is 1. The Kier molecular flexibility index (Phi) is 8.28. The highest BCUT2D eigenvalue weighted by Gasteiger charge is 2.08. The number of hydrogen-bond acceptors (Lipinski definition) is 4. The Labute approximate surface area is 127 Å². The van der Waals surface area contributed by atoms with Gasteiger partial charge in [0.2, 0.25) is 5.91 Å². The first kappa shape index (κ1) is 17.3. The van der Waals surface area contributed by atoms with E-state index >= 15 is 0 Å². The first-order chi connectivity index (χ1) is 10.2. The van der Waals surface area contributed by atoms with E-state index in [0.717, 1.165) is 24.3 Å². The summed E-state index contributed by atoms with van der Waals surface area (Å²) in [6.07, 6.45) is 2.30. The molecule has 0 aliphatic heterocycles. The molecule has 0 saturated heterocycles. The molecule has 5 heteroatoms. The second-order valence-electron chi connectivity index (χ2n) is 4.76. The molecule has 5 nitrogen and oxygen atoms in total. The predicted molar refractivity (Wildman–Crippen MR) is 85.2 cm³/mol. The second kappa shape index (κ2) is 10.0. The van der Waals surface area contributed by atoms with Gasteiger partial charge in [0.25, 0.3) is 0 Å². The number of nitrogens with one attached hydrogen (secondary N) is 2. The van der Waals surface area contributed by atoms with Crippen molar-refractivity contribution in [3.05, 3.63) is 18.2 Å². The Balaban J connectivity index is 2.74. The molecule has 1 aromatic carbocycles. The van der Waals surface area contributed by atoms with E-state index in [4.69, 9.17) is 9.47 Å². The number of ether oxygens (including phenoxy) is 2. The lowest BCUT2D eigenvalue weighted by Crippen LogP contribution is -2.18. The van der Waals surface area contributed by atoms with Crippen LogP contribution in [0.15, 0.2) is 18.2 Å². The van der Waals surface area contributed by atoms with Crippen LogP contribution in [0.3, 0.4) is 0 Å². The molecule has 0 unspecified atom stereocenters. The zero-order valence-electron chi connectivity index (χ0n) is 13.2. The lowest BCUT2D eigenvalue weighted by atomic mass is 10.2. The standard InChI is InChI=1S/C16H26N2O3/c1-4-10-20-14-7-6-13(12-15(14)21-11-5-2)18-16(19)8-9-17-3/h6-7,12,17H,4-5,8-11H2,1-3H3,(H,18,19). The van der Waals surface area contributed by atoms with E-state index in [9.17, 15) is 4.79 Å². The molecule has 0 aliphatic carbocycles. The summed E-state index contributed by atoms with van der Waals surface area (Å²) in [6.45, 7) is 6.04. The number of amides is 1. The molecule has 0 atom stereocenters. The fourth-order valence-electron chi connectivity index (χ4n) is 1.70. The van der Waals surface area contributed by atoms with Crippen LogP contribution in [0.2, 0.25) is 0 Å². The SMILES string of the molecule is CCCOc1ccc(NC(=O)CCNC)cc1OCCC. The lowest BCUT2D eigenvalue weighted by molar-refractivity contribution is -0.116. The summed E-state index contributed by atoms with van der Waals surface area (Å²) >= 11 is 0. The summed E-state index contributed by atoms with van der Waals surface area (Å²) in [5, 5.41) is 5.81. The smallest absolute Gasteiger partial charge is 0.225 e. The van der Waals surface area contributed by atoms with E-state index in [1.165, 1.54) is 0 Å². The molecular formula is C16H26N2O3. The maximum atomic E-state index is 11.7. The van der Waals surface area contributed by atoms with Crippen molar-refractivity contribution in [2.75, 3.05) is 32.1 Å². The van der Waals surface area contributed by atoms with Gasteiger partial charge in [-0.1, -0.05) is 13.8 Å². The molecule has 0 heterocycles. The average Bonchev–Trinajstić information content (AvgIpc) is 2.49. The maximum Gasteiger partial charge on any atom is 0.225 e. The van der Waals surface area contributed by atoms with Crippen molar-refractivity contribution >= 4 is 11.6 Å². The highest BCUT2D eigenvalue weighted by molar-refractivity contribution is 5.91. The van der Waals surface area contributed by atoms with Crippen LogP contribution in [0.1, 0.15) is 33.1 Å². The van der Waals surface area contributed by atoms with Gasteiger partial charge in [-0.3, -0.25) is 4.79 Å². The van der Waals surface area contributed by atoms with Gasteiger partial charge >= 0.3 is 0 Å². The van der Waals surface area contributed by atoms with Crippen LogP contribution in [0.4, 0.5) is 5.69 Å². The highest BCUT2D eigenvalue weighted by Crippen LogP contribution is 2.31. The van der Waals surface area contributed by atoms with E-state index in [2.05, 4.69) is 24.5 Å². The van der Waals surface area contributed by atoms with Gasteiger partial charge < -0.3 is 20.1 Å². The Morgan fingerprint density at radius 2 is 1.76 bits per heavy atom. The third-order valence-corrected chi connectivity index (χ3v) is 2.75. The Hall–Kier alpha value is -1.75. The predicted octanol–water partition coefficient (Wildman–Crippen LogP) is 2.81. The monoisotopic (exact) mass is 294 g/mol. The molecule has 0 bridgehead atoms. The number of benzene rings is 1. The molecule has 0 fully saturated rings. The Morgan fingerprint density at radius 3 is 2.38 bits per heavy atom. The van der Waals surface area contributed by atoms with Crippen molar-refractivity contribution in [2.24, 2.45) is 0 Å². The summed E-state index contributed by atoms with van der Waals surface area (Å²) in [5.74, 6) is 1.38. The van der Waals surface area contributed by atoms with Crippen LogP contribution in [-0.2, 0) is 4.79 Å². The zero-order chi connectivity index (χ0) is 15.5. The lowest BCUT2D eigenvalue weighted by Gasteiger charge is -2.14. The van der Waals surface area contributed by atoms with Crippen LogP contribution in [0.25, 0.3) is 0 Å². The van der Waals surface area contributed by atoms with Crippen molar-refractivity contribution in [3.8, 4) is 11.5 Å². The molecule has 21 heavy (non-hydrogen) atoms. The van der Waals surface area contributed by atoms with Crippen LogP contribution in [0.5, 0.6) is 11.5 Å². The maximum absolute atomic E-state index is 11.7. The van der Waals surface area contributed by atoms with E-state index in [0.29, 0.717) is 31.9 Å². The summed E-state index contributed by atoms with van der Waals surface area (Å²) < 4.78 is 11.4. The topological polar surface area (TPSA) is 59.6 Å². The zero-order valence-corrected chi connectivity index (χ0v) is 13.2. The minimum Gasteiger partial charge on any atom is -0.490 e. The number of anilines is 1. The summed E-state index contributed by atoms with van der Waals surface area (Å²) in [5.41, 5.74) is 0.728. The Bertz CT molecular complexity index is 436. The Morgan fingerprint density at radius 1 is 1.10 bits per heavy atom. The van der Waals surface area contributed by atoms with Crippen molar-refractivity contribution in [1.82, 2.24) is 5.32 Å². The molecule has 0 saturated carbocycles. The van der Waals surface area contributed by atoms with Crippen LogP contribution in [0, 0.1) is 0 Å². The van der Waals surface area contributed by atoms with Gasteiger partial charge in [0.15, 0.2) is 11.5 Å². The summed E-state index contributed by atoms with van der Waals surface area (Å²) in [7, 11) is 1.82. The molecule has 0 aromatic heterocycles. The third kappa shape index (κ3) is 6.49. The van der Waals surface area contributed by atoms with Crippen molar-refractivity contribution in [1.29, 1.82) is 0 Å². The van der Waals surface area contributed by atoms with Gasteiger partial charge in [0, 0.05) is 24.7 Å². The van der Waals surface area contributed by atoms with E-state index in [1.807, 2.05) is 25.2 Å². The van der Waals surface area contributed by atoms with Crippen LogP contribution in [-0.4, -0.2) is 32.7 Å². The third-order valence-electron chi connectivity index (χ3n) is 2.75. The van der Waals surface area contributed by atoms with Crippen molar-refractivity contribution in [3.63, 3.8) is 0 Å². The fourth-order valence-corrected chi connectivity index (χ4v) is 1.70. The first-order valence-corrected chi connectivity index (χ1v) is 7.55. The molecule has 0 aliphatic rings. The molecule has 0 radical (unpaired) electrons. The van der Waals surface area contributed by atoms with E-state index in [1.54, 1.807) is 0 Å². The molecular weight excluding hydrogens is 268 g/mol. The number of carbonyl (C=O) groups is 1. The van der Waals surface area contributed by atoms with E-state index < -0.39 is 0 Å². The van der Waals surface area contributed by atoms with Gasteiger partial charge in [0.1, 0.15) is 0 Å². The second-order valence-corrected chi connectivity index (χ2v) is 4.76. The quantitative estimate of drug-likeness (QED) is 0.696. The van der Waals surface area contributed by atoms with Gasteiger partial charge in [-0.05, 0) is 32.0 Å².